The number of hydrogen-bond acceptors (Lipinski definition) is 6. The van der Waals surface area contributed by atoms with Gasteiger partial charge in [0, 0.05) is 32.3 Å². The molecule has 1 N–H and O–H groups in total. The Morgan fingerprint density at radius 2 is 2.04 bits per heavy atom. The molecule has 128 valence electrons. The molecule has 0 atom stereocenters. The van der Waals surface area contributed by atoms with Crippen LogP contribution >= 0.6 is 0 Å². The molecule has 1 aromatic heterocycles. The van der Waals surface area contributed by atoms with Crippen molar-refractivity contribution < 1.29 is 14.3 Å². The first kappa shape index (κ1) is 17.5. The van der Waals surface area contributed by atoms with Gasteiger partial charge in [-0.05, 0) is 33.6 Å². The highest BCUT2D eigenvalue weighted by atomic mass is 16.6. The van der Waals surface area contributed by atoms with Crippen molar-refractivity contribution in [1.29, 1.82) is 0 Å². The molecule has 2 rings (SSSR count). The molecular weight excluding hydrogens is 296 g/mol. The molecule has 1 saturated heterocycles. The van der Waals surface area contributed by atoms with Gasteiger partial charge >= 0.3 is 6.09 Å². The number of methoxy groups -OCH3 is 1. The molecule has 1 amide bonds. The Hall–Kier alpha value is -1.89. The van der Waals surface area contributed by atoms with Gasteiger partial charge < -0.3 is 19.7 Å². The Kier molecular flexibility index (Phi) is 5.76. The maximum absolute atomic E-state index is 11.8. The fourth-order valence-corrected chi connectivity index (χ4v) is 2.51. The normalized spacial score (nSPS) is 16.3. The van der Waals surface area contributed by atoms with E-state index in [1.165, 1.54) is 0 Å². The first-order chi connectivity index (χ1) is 10.9. The number of nitrogens with one attached hydrogen (secondary N) is 1. The lowest BCUT2D eigenvalue weighted by Gasteiger charge is -2.33. The second-order valence-corrected chi connectivity index (χ2v) is 6.71. The van der Waals surface area contributed by atoms with Crippen LogP contribution in [0.1, 0.15) is 39.3 Å². The van der Waals surface area contributed by atoms with Gasteiger partial charge in [-0.2, -0.15) is 0 Å². The Bertz CT molecular complexity index is 522. The average molecular weight is 322 g/mol. The van der Waals surface area contributed by atoms with Crippen LogP contribution in [0.15, 0.2) is 12.4 Å². The van der Waals surface area contributed by atoms with E-state index in [1.54, 1.807) is 13.4 Å². The Balaban J connectivity index is 1.84. The second kappa shape index (κ2) is 7.59. The second-order valence-electron chi connectivity index (χ2n) is 6.71. The standard InChI is InChI=1S/C16H26N4O3/c1-16(2,3)23-15(21)19-12-5-7-20(8-6-12)14-9-13(10-22-4)17-11-18-14/h9,11-12H,5-8,10H2,1-4H3,(H,19,21). The van der Waals surface area contributed by atoms with Crippen molar-refractivity contribution in [3.8, 4) is 0 Å². The summed E-state index contributed by atoms with van der Waals surface area (Å²) in [6, 6.07) is 2.09. The van der Waals surface area contributed by atoms with Gasteiger partial charge in [-0.25, -0.2) is 14.8 Å². The molecule has 7 heteroatoms. The molecule has 0 saturated carbocycles. The molecule has 0 aromatic carbocycles. The lowest BCUT2D eigenvalue weighted by atomic mass is 10.1. The van der Waals surface area contributed by atoms with Crippen molar-refractivity contribution in [2.24, 2.45) is 0 Å². The molecule has 2 heterocycles. The summed E-state index contributed by atoms with van der Waals surface area (Å²) in [5.41, 5.74) is 0.398. The first-order valence-electron chi connectivity index (χ1n) is 7.92. The van der Waals surface area contributed by atoms with Crippen LogP contribution in [-0.2, 0) is 16.1 Å². The number of alkyl carbamates (subject to hydrolysis) is 1. The minimum Gasteiger partial charge on any atom is -0.444 e. The largest absolute Gasteiger partial charge is 0.444 e. The maximum atomic E-state index is 11.8. The van der Waals surface area contributed by atoms with Gasteiger partial charge in [0.2, 0.25) is 0 Å². The summed E-state index contributed by atoms with van der Waals surface area (Å²) in [5.74, 6) is 0.905. The maximum Gasteiger partial charge on any atom is 0.407 e. The molecule has 0 unspecified atom stereocenters. The zero-order valence-electron chi connectivity index (χ0n) is 14.3. The summed E-state index contributed by atoms with van der Waals surface area (Å²) in [6.07, 6.45) is 2.95. The lowest BCUT2D eigenvalue weighted by molar-refractivity contribution is 0.0497. The van der Waals surface area contributed by atoms with Crippen molar-refractivity contribution >= 4 is 11.9 Å². The van der Waals surface area contributed by atoms with Gasteiger partial charge in [0.25, 0.3) is 0 Å². The SMILES string of the molecule is COCc1cc(N2CCC(NC(=O)OC(C)(C)C)CC2)ncn1. The van der Waals surface area contributed by atoms with Crippen LogP contribution in [0.5, 0.6) is 0 Å². The number of anilines is 1. The van der Waals surface area contributed by atoms with Crippen LogP contribution in [-0.4, -0.2) is 47.9 Å². The van der Waals surface area contributed by atoms with Gasteiger partial charge in [-0.1, -0.05) is 0 Å². The lowest BCUT2D eigenvalue weighted by Crippen LogP contribution is -2.46. The predicted octanol–water partition coefficient (Wildman–Crippen LogP) is 2.12. The summed E-state index contributed by atoms with van der Waals surface area (Å²) >= 11 is 0. The quantitative estimate of drug-likeness (QED) is 0.915. The first-order valence-corrected chi connectivity index (χ1v) is 7.92. The molecule has 7 nitrogen and oxygen atoms in total. The highest BCUT2D eigenvalue weighted by Crippen LogP contribution is 2.18. The minimum atomic E-state index is -0.469. The summed E-state index contributed by atoms with van der Waals surface area (Å²) in [7, 11) is 1.65. The van der Waals surface area contributed by atoms with Crippen LogP contribution in [0.25, 0.3) is 0 Å². The molecule has 0 spiro atoms. The summed E-state index contributed by atoms with van der Waals surface area (Å²) in [5, 5.41) is 2.94. The molecule has 0 bridgehead atoms. The molecule has 0 radical (unpaired) electrons. The van der Waals surface area contributed by atoms with Crippen LogP contribution in [0, 0.1) is 0 Å². The summed E-state index contributed by atoms with van der Waals surface area (Å²) < 4.78 is 10.4. The van der Waals surface area contributed by atoms with E-state index in [-0.39, 0.29) is 12.1 Å². The van der Waals surface area contributed by atoms with E-state index in [2.05, 4.69) is 20.2 Å². The molecule has 1 aliphatic heterocycles. The van der Waals surface area contributed by atoms with Crippen LogP contribution in [0.2, 0.25) is 0 Å². The zero-order valence-corrected chi connectivity index (χ0v) is 14.3. The number of nitrogens with zero attached hydrogens (tertiary/aromatic N) is 3. The Morgan fingerprint density at radius 1 is 1.35 bits per heavy atom. The van der Waals surface area contributed by atoms with E-state index in [0.29, 0.717) is 6.61 Å². The van der Waals surface area contributed by atoms with Crippen LogP contribution in [0.3, 0.4) is 0 Å². The smallest absolute Gasteiger partial charge is 0.407 e. The molecule has 1 fully saturated rings. The van der Waals surface area contributed by atoms with Crippen molar-refractivity contribution in [1.82, 2.24) is 15.3 Å². The van der Waals surface area contributed by atoms with E-state index >= 15 is 0 Å². The third-order valence-electron chi connectivity index (χ3n) is 3.54. The van der Waals surface area contributed by atoms with Gasteiger partial charge in [0.05, 0.1) is 12.3 Å². The van der Waals surface area contributed by atoms with Gasteiger partial charge in [-0.3, -0.25) is 0 Å². The van der Waals surface area contributed by atoms with Crippen molar-refractivity contribution in [2.75, 3.05) is 25.1 Å². The predicted molar refractivity (Wildman–Crippen MR) is 87.3 cm³/mol. The molecule has 0 aliphatic carbocycles. The number of aromatic nitrogens is 2. The van der Waals surface area contributed by atoms with E-state index in [9.17, 15) is 4.79 Å². The highest BCUT2D eigenvalue weighted by Gasteiger charge is 2.24. The third kappa shape index (κ3) is 5.67. The number of rotatable bonds is 4. The number of ether oxygens (including phenoxy) is 2. The van der Waals surface area contributed by atoms with Crippen molar-refractivity contribution in [3.63, 3.8) is 0 Å². The van der Waals surface area contributed by atoms with Crippen molar-refractivity contribution in [3.05, 3.63) is 18.1 Å². The van der Waals surface area contributed by atoms with Crippen LogP contribution < -0.4 is 10.2 Å². The number of carbonyl (C=O) groups excluding carboxylic acids is 1. The number of carbonyl (C=O) groups is 1. The molecular formula is C16H26N4O3. The molecule has 1 aromatic rings. The van der Waals surface area contributed by atoms with E-state index < -0.39 is 5.60 Å². The third-order valence-corrected chi connectivity index (χ3v) is 3.54. The average Bonchev–Trinajstić information content (AvgIpc) is 2.46. The molecule has 23 heavy (non-hydrogen) atoms. The Labute approximate surface area is 137 Å². The Morgan fingerprint density at radius 3 is 2.65 bits per heavy atom. The topological polar surface area (TPSA) is 76.6 Å². The van der Waals surface area contributed by atoms with Crippen LogP contribution in [0.4, 0.5) is 10.6 Å². The zero-order chi connectivity index (χ0) is 16.9. The van der Waals surface area contributed by atoms with Crippen molar-refractivity contribution in [2.45, 2.75) is 51.9 Å². The van der Waals surface area contributed by atoms with E-state index in [1.807, 2.05) is 26.8 Å². The van der Waals surface area contributed by atoms with E-state index in [4.69, 9.17) is 9.47 Å². The van der Waals surface area contributed by atoms with Gasteiger partial charge in [-0.15, -0.1) is 0 Å². The molecule has 1 aliphatic rings. The van der Waals surface area contributed by atoms with Gasteiger partial charge in [0.1, 0.15) is 17.7 Å². The highest BCUT2D eigenvalue weighted by molar-refractivity contribution is 5.68. The fourth-order valence-electron chi connectivity index (χ4n) is 2.51. The van der Waals surface area contributed by atoms with E-state index in [0.717, 1.165) is 37.4 Å². The monoisotopic (exact) mass is 322 g/mol. The summed E-state index contributed by atoms with van der Waals surface area (Å²) in [6.45, 7) is 7.74. The fraction of sp³-hybridized carbons (Fsp3) is 0.688. The number of amides is 1. The number of piperidine rings is 1. The van der Waals surface area contributed by atoms with Gasteiger partial charge in [0.15, 0.2) is 0 Å². The summed E-state index contributed by atoms with van der Waals surface area (Å²) in [4.78, 5) is 22.5. The minimum absolute atomic E-state index is 0.140. The number of hydrogen-bond donors (Lipinski definition) is 1.